The molecule has 0 bridgehead atoms. The van der Waals surface area contributed by atoms with Crippen molar-refractivity contribution in [1.29, 1.82) is 0 Å². The first-order chi connectivity index (χ1) is 12.4. The van der Waals surface area contributed by atoms with Crippen molar-refractivity contribution in [2.45, 2.75) is 32.9 Å². The van der Waals surface area contributed by atoms with Gasteiger partial charge in [0.2, 0.25) is 5.91 Å². The molecule has 2 aromatic rings. The molecule has 0 unspecified atom stereocenters. The lowest BCUT2D eigenvalue weighted by Crippen LogP contribution is -2.45. The van der Waals surface area contributed by atoms with Gasteiger partial charge in [-0.05, 0) is 49.6 Å². The van der Waals surface area contributed by atoms with Crippen LogP contribution < -0.4 is 15.5 Å². The minimum absolute atomic E-state index is 0.179. The lowest BCUT2D eigenvalue weighted by atomic mass is 10.1. The van der Waals surface area contributed by atoms with E-state index in [0.29, 0.717) is 30.8 Å². The zero-order valence-corrected chi connectivity index (χ0v) is 14.9. The normalized spacial score (nSPS) is 16.7. The van der Waals surface area contributed by atoms with E-state index in [4.69, 9.17) is 0 Å². The van der Waals surface area contributed by atoms with E-state index in [2.05, 4.69) is 10.6 Å². The predicted octanol–water partition coefficient (Wildman–Crippen LogP) is 3.05. The fourth-order valence-corrected chi connectivity index (χ4v) is 2.96. The largest absolute Gasteiger partial charge is 0.334 e. The molecule has 0 aromatic heterocycles. The van der Waals surface area contributed by atoms with Gasteiger partial charge in [-0.15, -0.1) is 0 Å². The smallest absolute Gasteiger partial charge is 0.315 e. The Labute approximate surface area is 152 Å². The number of aryl methyl sites for hydroxylation is 2. The number of nitrogens with one attached hydrogen (secondary N) is 2. The van der Waals surface area contributed by atoms with Crippen LogP contribution in [0.15, 0.2) is 42.5 Å². The SMILES string of the molecule is Cc1ccc(CNC(=O)N[C@@H]2CCN(c3ccc(F)c(C)c3)C2=O)cc1. The molecule has 6 heteroatoms. The molecule has 2 aromatic carbocycles. The summed E-state index contributed by atoms with van der Waals surface area (Å²) in [5, 5.41) is 5.49. The minimum Gasteiger partial charge on any atom is -0.334 e. The third-order valence-electron chi connectivity index (χ3n) is 4.54. The highest BCUT2D eigenvalue weighted by molar-refractivity contribution is 6.01. The Morgan fingerprint density at radius 1 is 1.19 bits per heavy atom. The summed E-state index contributed by atoms with van der Waals surface area (Å²) in [7, 11) is 0. The van der Waals surface area contributed by atoms with Crippen molar-refractivity contribution in [2.24, 2.45) is 0 Å². The highest BCUT2D eigenvalue weighted by Crippen LogP contribution is 2.23. The van der Waals surface area contributed by atoms with Gasteiger partial charge in [0, 0.05) is 18.8 Å². The zero-order chi connectivity index (χ0) is 18.7. The molecule has 0 radical (unpaired) electrons. The van der Waals surface area contributed by atoms with Crippen LogP contribution in [0.5, 0.6) is 0 Å². The predicted molar refractivity (Wildman–Crippen MR) is 98.4 cm³/mol. The van der Waals surface area contributed by atoms with Gasteiger partial charge in [-0.3, -0.25) is 4.79 Å². The van der Waals surface area contributed by atoms with Crippen LogP contribution in [0, 0.1) is 19.7 Å². The second kappa shape index (κ2) is 7.56. The fourth-order valence-electron chi connectivity index (χ4n) is 2.96. The summed E-state index contributed by atoms with van der Waals surface area (Å²) < 4.78 is 13.4. The number of nitrogens with zero attached hydrogens (tertiary/aromatic N) is 1. The molecule has 136 valence electrons. The Kier molecular flexibility index (Phi) is 5.21. The Morgan fingerprint density at radius 3 is 2.62 bits per heavy atom. The number of carbonyl (C=O) groups is 2. The van der Waals surface area contributed by atoms with Crippen LogP contribution in [0.1, 0.15) is 23.1 Å². The summed E-state index contributed by atoms with van der Waals surface area (Å²) in [4.78, 5) is 26.2. The molecule has 1 heterocycles. The fraction of sp³-hybridized carbons (Fsp3) is 0.300. The summed E-state index contributed by atoms with van der Waals surface area (Å²) in [5.74, 6) is -0.480. The van der Waals surface area contributed by atoms with Crippen LogP contribution in [0.25, 0.3) is 0 Å². The van der Waals surface area contributed by atoms with Gasteiger partial charge < -0.3 is 15.5 Å². The highest BCUT2D eigenvalue weighted by Gasteiger charge is 2.33. The maximum absolute atomic E-state index is 13.4. The van der Waals surface area contributed by atoms with Crippen LogP contribution in [0.2, 0.25) is 0 Å². The first-order valence-electron chi connectivity index (χ1n) is 8.61. The Hall–Kier alpha value is -2.89. The number of anilines is 1. The number of carbonyl (C=O) groups excluding carboxylic acids is 2. The number of halogens is 1. The molecular formula is C20H22FN3O2. The quantitative estimate of drug-likeness (QED) is 0.886. The Morgan fingerprint density at radius 2 is 1.92 bits per heavy atom. The third-order valence-corrected chi connectivity index (χ3v) is 4.54. The summed E-state index contributed by atoms with van der Waals surface area (Å²) in [6.07, 6.45) is 0.521. The number of amides is 3. The monoisotopic (exact) mass is 355 g/mol. The van der Waals surface area contributed by atoms with E-state index in [1.165, 1.54) is 6.07 Å². The average molecular weight is 355 g/mol. The van der Waals surface area contributed by atoms with Crippen molar-refractivity contribution in [3.8, 4) is 0 Å². The van der Waals surface area contributed by atoms with Gasteiger partial charge in [0.05, 0.1) is 0 Å². The Bertz CT molecular complexity index is 820. The summed E-state index contributed by atoms with van der Waals surface area (Å²) in [6.45, 7) is 4.55. The van der Waals surface area contributed by atoms with Gasteiger partial charge in [0.25, 0.3) is 0 Å². The number of urea groups is 1. The first kappa shape index (κ1) is 17.9. The molecule has 3 rings (SSSR count). The van der Waals surface area contributed by atoms with Crippen LogP contribution in [-0.4, -0.2) is 24.5 Å². The lowest BCUT2D eigenvalue weighted by molar-refractivity contribution is -0.118. The number of hydrogen-bond acceptors (Lipinski definition) is 2. The second-order valence-corrected chi connectivity index (χ2v) is 6.58. The molecule has 3 amide bonds. The van der Waals surface area contributed by atoms with E-state index in [1.54, 1.807) is 24.0 Å². The van der Waals surface area contributed by atoms with Crippen molar-refractivity contribution in [2.75, 3.05) is 11.4 Å². The highest BCUT2D eigenvalue weighted by atomic mass is 19.1. The van der Waals surface area contributed by atoms with E-state index in [9.17, 15) is 14.0 Å². The molecule has 0 aliphatic carbocycles. The van der Waals surface area contributed by atoms with E-state index in [0.717, 1.165) is 11.1 Å². The topological polar surface area (TPSA) is 61.4 Å². The van der Waals surface area contributed by atoms with Crippen LogP contribution >= 0.6 is 0 Å². The Balaban J connectivity index is 1.55. The molecule has 1 aliphatic rings. The first-order valence-corrected chi connectivity index (χ1v) is 8.61. The minimum atomic E-state index is -0.571. The summed E-state index contributed by atoms with van der Waals surface area (Å²) in [5.41, 5.74) is 3.29. The number of hydrogen-bond donors (Lipinski definition) is 2. The summed E-state index contributed by atoms with van der Waals surface area (Å²) >= 11 is 0. The van der Waals surface area contributed by atoms with Crippen LogP contribution in [0.3, 0.4) is 0 Å². The van der Waals surface area contributed by atoms with Crippen molar-refractivity contribution in [3.63, 3.8) is 0 Å². The zero-order valence-electron chi connectivity index (χ0n) is 14.9. The van der Waals surface area contributed by atoms with E-state index in [-0.39, 0.29) is 17.8 Å². The van der Waals surface area contributed by atoms with Crippen molar-refractivity contribution < 1.29 is 14.0 Å². The van der Waals surface area contributed by atoms with Gasteiger partial charge in [0.15, 0.2) is 0 Å². The van der Waals surface area contributed by atoms with Crippen LogP contribution in [0.4, 0.5) is 14.9 Å². The van der Waals surface area contributed by atoms with Crippen molar-refractivity contribution in [1.82, 2.24) is 10.6 Å². The molecule has 1 aliphatic heterocycles. The third kappa shape index (κ3) is 4.02. The molecule has 26 heavy (non-hydrogen) atoms. The number of rotatable bonds is 4. The van der Waals surface area contributed by atoms with Gasteiger partial charge >= 0.3 is 6.03 Å². The van der Waals surface area contributed by atoms with E-state index in [1.807, 2.05) is 31.2 Å². The summed E-state index contributed by atoms with van der Waals surface area (Å²) in [6, 6.07) is 11.5. The van der Waals surface area contributed by atoms with Crippen molar-refractivity contribution in [3.05, 3.63) is 65.0 Å². The average Bonchev–Trinajstić information content (AvgIpc) is 2.97. The molecule has 1 saturated heterocycles. The maximum atomic E-state index is 13.4. The molecule has 0 spiro atoms. The van der Waals surface area contributed by atoms with Crippen LogP contribution in [-0.2, 0) is 11.3 Å². The second-order valence-electron chi connectivity index (χ2n) is 6.58. The lowest BCUT2D eigenvalue weighted by Gasteiger charge is -2.18. The standard InChI is InChI=1S/C20H22FN3O2/c1-13-3-5-15(6-4-13)12-22-20(26)23-18-9-10-24(19(18)25)16-7-8-17(21)14(2)11-16/h3-8,11,18H,9-10,12H2,1-2H3,(H2,22,23,26)/t18-/m1/s1. The van der Waals surface area contributed by atoms with Gasteiger partial charge in [-0.1, -0.05) is 29.8 Å². The molecule has 0 saturated carbocycles. The molecule has 2 N–H and O–H groups in total. The molecule has 1 fully saturated rings. The molecule has 1 atom stereocenters. The van der Waals surface area contributed by atoms with Gasteiger partial charge in [-0.2, -0.15) is 0 Å². The van der Waals surface area contributed by atoms with E-state index < -0.39 is 6.04 Å². The molecular weight excluding hydrogens is 333 g/mol. The van der Waals surface area contributed by atoms with Crippen molar-refractivity contribution >= 4 is 17.6 Å². The maximum Gasteiger partial charge on any atom is 0.315 e. The van der Waals surface area contributed by atoms with Gasteiger partial charge in [0.1, 0.15) is 11.9 Å². The van der Waals surface area contributed by atoms with Gasteiger partial charge in [-0.25, -0.2) is 9.18 Å². The number of benzene rings is 2. The van der Waals surface area contributed by atoms with E-state index >= 15 is 0 Å². The molecule has 5 nitrogen and oxygen atoms in total.